The van der Waals surface area contributed by atoms with Crippen molar-refractivity contribution in [2.24, 2.45) is 0 Å². The summed E-state index contributed by atoms with van der Waals surface area (Å²) in [7, 11) is -4.75. The molecule has 0 aliphatic rings. The molecule has 168 valence electrons. The van der Waals surface area contributed by atoms with Gasteiger partial charge in [0.05, 0.1) is 10.5 Å². The average molecular weight is 454 g/mol. The lowest BCUT2D eigenvalue weighted by Gasteiger charge is -2.27. The Hall–Kier alpha value is -3.01. The van der Waals surface area contributed by atoms with E-state index in [2.05, 4.69) is 31.0 Å². The van der Waals surface area contributed by atoms with Gasteiger partial charge in [-0.15, -0.1) is 0 Å². The number of benzene rings is 2. The highest BCUT2D eigenvalue weighted by molar-refractivity contribution is 7.91. The first-order valence-electron chi connectivity index (χ1n) is 9.52. The second-order valence-electron chi connectivity index (χ2n) is 6.88. The summed E-state index contributed by atoms with van der Waals surface area (Å²) in [5.41, 5.74) is 1.48. The zero-order valence-corrected chi connectivity index (χ0v) is 18.2. The van der Waals surface area contributed by atoms with E-state index >= 15 is 0 Å². The van der Waals surface area contributed by atoms with Crippen LogP contribution >= 0.6 is 0 Å². The Labute approximate surface area is 179 Å². The van der Waals surface area contributed by atoms with Gasteiger partial charge in [-0.3, -0.25) is 4.79 Å². The van der Waals surface area contributed by atoms with Crippen LogP contribution in [0.1, 0.15) is 31.1 Å². The van der Waals surface area contributed by atoms with Crippen LogP contribution in [-0.2, 0) is 19.4 Å². The average Bonchev–Trinajstić information content (AvgIpc) is 2.73. The SMILES string of the molecule is CCN(c1ccc(NC(=O)COC(=O)c2ccc(S(=O)(=O)C(F)F)cc2)cc1)C(C)C. The number of carbonyl (C=O) groups is 2. The van der Waals surface area contributed by atoms with E-state index in [1.807, 2.05) is 12.1 Å². The number of amides is 1. The summed E-state index contributed by atoms with van der Waals surface area (Å²) in [5, 5.41) is 2.61. The molecule has 0 aliphatic heterocycles. The van der Waals surface area contributed by atoms with Gasteiger partial charge in [0.2, 0.25) is 9.84 Å². The van der Waals surface area contributed by atoms with Crippen LogP contribution in [0.25, 0.3) is 0 Å². The van der Waals surface area contributed by atoms with Crippen LogP contribution in [0.15, 0.2) is 53.4 Å². The van der Waals surface area contributed by atoms with Gasteiger partial charge in [-0.2, -0.15) is 8.78 Å². The number of carbonyl (C=O) groups excluding carboxylic acids is 2. The molecule has 2 rings (SSSR count). The third-order valence-corrected chi connectivity index (χ3v) is 5.83. The van der Waals surface area contributed by atoms with Crippen molar-refractivity contribution in [1.82, 2.24) is 0 Å². The molecule has 0 heterocycles. The van der Waals surface area contributed by atoms with Gasteiger partial charge in [-0.25, -0.2) is 13.2 Å². The maximum atomic E-state index is 12.5. The minimum atomic E-state index is -4.75. The van der Waals surface area contributed by atoms with Crippen molar-refractivity contribution in [2.45, 2.75) is 37.5 Å². The Kier molecular flexibility index (Phi) is 8.09. The van der Waals surface area contributed by atoms with E-state index < -0.39 is 39.0 Å². The summed E-state index contributed by atoms with van der Waals surface area (Å²) >= 11 is 0. The molecule has 2 aromatic carbocycles. The normalized spacial score (nSPS) is 11.5. The first-order valence-corrected chi connectivity index (χ1v) is 11.1. The second kappa shape index (κ2) is 10.3. The van der Waals surface area contributed by atoms with E-state index in [-0.39, 0.29) is 5.56 Å². The highest BCUT2D eigenvalue weighted by Gasteiger charge is 2.26. The number of esters is 1. The van der Waals surface area contributed by atoms with Crippen LogP contribution in [0.4, 0.5) is 20.2 Å². The molecule has 0 unspecified atom stereocenters. The highest BCUT2D eigenvalue weighted by atomic mass is 32.2. The van der Waals surface area contributed by atoms with E-state index in [1.54, 1.807) is 12.1 Å². The molecule has 0 saturated heterocycles. The Bertz CT molecular complexity index is 1010. The molecule has 0 atom stereocenters. The van der Waals surface area contributed by atoms with Gasteiger partial charge in [0.15, 0.2) is 6.61 Å². The molecule has 0 fully saturated rings. The summed E-state index contributed by atoms with van der Waals surface area (Å²) in [4.78, 5) is 25.6. The molecule has 10 heteroatoms. The lowest BCUT2D eigenvalue weighted by atomic mass is 10.2. The van der Waals surface area contributed by atoms with Crippen molar-refractivity contribution in [3.63, 3.8) is 0 Å². The molecule has 7 nitrogen and oxygen atoms in total. The number of rotatable bonds is 9. The zero-order valence-electron chi connectivity index (χ0n) is 17.3. The molecule has 0 saturated carbocycles. The van der Waals surface area contributed by atoms with Crippen molar-refractivity contribution < 1.29 is 31.5 Å². The molecule has 0 radical (unpaired) electrons. The van der Waals surface area contributed by atoms with Gasteiger partial charge in [-0.1, -0.05) is 0 Å². The van der Waals surface area contributed by atoms with Gasteiger partial charge < -0.3 is 15.0 Å². The monoisotopic (exact) mass is 454 g/mol. The topological polar surface area (TPSA) is 92.8 Å². The third kappa shape index (κ3) is 6.24. The first kappa shape index (κ1) is 24.3. The van der Waals surface area contributed by atoms with Gasteiger partial charge in [0.1, 0.15) is 0 Å². The number of alkyl halides is 2. The maximum absolute atomic E-state index is 12.5. The van der Waals surface area contributed by atoms with Gasteiger partial charge in [0, 0.05) is 24.0 Å². The van der Waals surface area contributed by atoms with Crippen molar-refractivity contribution in [2.75, 3.05) is 23.4 Å². The molecule has 0 aromatic heterocycles. The largest absolute Gasteiger partial charge is 0.452 e. The van der Waals surface area contributed by atoms with Crippen LogP contribution in [0.3, 0.4) is 0 Å². The maximum Gasteiger partial charge on any atom is 0.341 e. The van der Waals surface area contributed by atoms with E-state index in [0.29, 0.717) is 11.7 Å². The summed E-state index contributed by atoms with van der Waals surface area (Å²) in [6, 6.07) is 11.4. The molecule has 0 aliphatic carbocycles. The zero-order chi connectivity index (χ0) is 23.2. The molecule has 0 spiro atoms. The Morgan fingerprint density at radius 3 is 2.10 bits per heavy atom. The van der Waals surface area contributed by atoms with E-state index in [9.17, 15) is 26.8 Å². The van der Waals surface area contributed by atoms with E-state index in [0.717, 1.165) is 36.5 Å². The van der Waals surface area contributed by atoms with Crippen molar-refractivity contribution in [3.8, 4) is 0 Å². The predicted octanol–water partition coefficient (Wildman–Crippen LogP) is 3.71. The number of hydrogen-bond donors (Lipinski definition) is 1. The van der Waals surface area contributed by atoms with E-state index in [4.69, 9.17) is 4.74 Å². The number of halogens is 2. The standard InChI is InChI=1S/C21H24F2N2O5S/c1-4-25(14(2)3)17-9-7-16(8-10-17)24-19(26)13-30-20(27)15-5-11-18(12-6-15)31(28,29)21(22)23/h5-12,14,21H,4,13H2,1-3H3,(H,24,26). The summed E-state index contributed by atoms with van der Waals surface area (Å²) in [6.07, 6.45) is 0. The van der Waals surface area contributed by atoms with Crippen LogP contribution in [0, 0.1) is 0 Å². The quantitative estimate of drug-likeness (QED) is 0.581. The Balaban J connectivity index is 1.92. The molecule has 1 N–H and O–H groups in total. The lowest BCUT2D eigenvalue weighted by molar-refractivity contribution is -0.119. The molecule has 31 heavy (non-hydrogen) atoms. The fraction of sp³-hybridized carbons (Fsp3) is 0.333. The molecular weight excluding hydrogens is 430 g/mol. The molecule has 2 aromatic rings. The van der Waals surface area contributed by atoms with Gasteiger partial charge in [-0.05, 0) is 69.3 Å². The van der Waals surface area contributed by atoms with Crippen molar-refractivity contribution in [3.05, 3.63) is 54.1 Å². The summed E-state index contributed by atoms with van der Waals surface area (Å²) < 4.78 is 52.7. The van der Waals surface area contributed by atoms with E-state index in [1.165, 1.54) is 0 Å². The van der Waals surface area contributed by atoms with Crippen LogP contribution in [0.2, 0.25) is 0 Å². The van der Waals surface area contributed by atoms with Crippen LogP contribution in [0.5, 0.6) is 0 Å². The Morgan fingerprint density at radius 2 is 1.61 bits per heavy atom. The minimum absolute atomic E-state index is 0.0706. The molecule has 0 bridgehead atoms. The minimum Gasteiger partial charge on any atom is -0.452 e. The Morgan fingerprint density at radius 1 is 1.03 bits per heavy atom. The smallest absolute Gasteiger partial charge is 0.341 e. The number of nitrogens with one attached hydrogen (secondary N) is 1. The van der Waals surface area contributed by atoms with Crippen LogP contribution in [-0.4, -0.2) is 45.2 Å². The number of sulfone groups is 1. The molecule has 1 amide bonds. The van der Waals surface area contributed by atoms with Crippen LogP contribution < -0.4 is 10.2 Å². The third-order valence-electron chi connectivity index (χ3n) is 4.43. The van der Waals surface area contributed by atoms with Gasteiger partial charge in [0.25, 0.3) is 5.91 Å². The summed E-state index contributed by atoms with van der Waals surface area (Å²) in [5.74, 6) is -5.00. The predicted molar refractivity (Wildman–Crippen MR) is 113 cm³/mol. The fourth-order valence-corrected chi connectivity index (χ4v) is 3.60. The number of ether oxygens (including phenoxy) is 1. The number of hydrogen-bond acceptors (Lipinski definition) is 6. The fourth-order valence-electron chi connectivity index (χ4n) is 2.88. The van der Waals surface area contributed by atoms with Gasteiger partial charge >= 0.3 is 11.7 Å². The highest BCUT2D eigenvalue weighted by Crippen LogP contribution is 2.20. The first-order chi connectivity index (χ1) is 14.6. The second-order valence-corrected chi connectivity index (χ2v) is 8.80. The van der Waals surface area contributed by atoms with Crippen molar-refractivity contribution >= 4 is 33.1 Å². The molecular formula is C21H24F2N2O5S. The summed E-state index contributed by atoms with van der Waals surface area (Å²) in [6.45, 7) is 6.49. The lowest BCUT2D eigenvalue weighted by Crippen LogP contribution is -2.30. The van der Waals surface area contributed by atoms with Crippen molar-refractivity contribution in [1.29, 1.82) is 0 Å². The number of anilines is 2. The number of nitrogens with zero attached hydrogens (tertiary/aromatic N) is 1.